The molecule has 1 aliphatic rings. The van der Waals surface area contributed by atoms with Crippen LogP contribution in [0.5, 0.6) is 0 Å². The first-order valence-corrected chi connectivity index (χ1v) is 7.40. The second kappa shape index (κ2) is 6.50. The molecule has 1 aromatic carbocycles. The van der Waals surface area contributed by atoms with Crippen LogP contribution in [0.3, 0.4) is 0 Å². The van der Waals surface area contributed by atoms with E-state index in [1.54, 1.807) is 6.20 Å². The van der Waals surface area contributed by atoms with Crippen molar-refractivity contribution in [2.75, 3.05) is 0 Å². The van der Waals surface area contributed by atoms with E-state index < -0.39 is 17.7 Å². The molecule has 0 amide bonds. The Morgan fingerprint density at radius 2 is 2.00 bits per heavy atom. The van der Waals surface area contributed by atoms with Crippen LogP contribution in [0.25, 0.3) is 0 Å². The third-order valence-electron chi connectivity index (χ3n) is 4.11. The van der Waals surface area contributed by atoms with E-state index in [0.29, 0.717) is 31.4 Å². The minimum Gasteiger partial charge on any atom is -0.391 e. The van der Waals surface area contributed by atoms with Crippen molar-refractivity contribution in [1.29, 1.82) is 0 Å². The predicted molar refractivity (Wildman–Crippen MR) is 79.3 cm³/mol. The molecule has 0 spiro atoms. The number of hydrogen-bond acceptors (Lipinski definition) is 3. The fourth-order valence-corrected chi connectivity index (χ4v) is 2.91. The SMILES string of the molecule is OC(CCc1cc(F)cc(F)c1)C1Cc2cnccc2CN1. The van der Waals surface area contributed by atoms with Gasteiger partial charge < -0.3 is 10.4 Å². The summed E-state index contributed by atoms with van der Waals surface area (Å²) in [5.41, 5.74) is 2.90. The molecular weight excluding hydrogens is 286 g/mol. The van der Waals surface area contributed by atoms with Gasteiger partial charge in [-0.15, -0.1) is 0 Å². The number of aliphatic hydroxyl groups is 1. The molecule has 3 nitrogen and oxygen atoms in total. The van der Waals surface area contributed by atoms with Gasteiger partial charge in [-0.05, 0) is 54.2 Å². The molecule has 0 radical (unpaired) electrons. The highest BCUT2D eigenvalue weighted by Crippen LogP contribution is 2.19. The average Bonchev–Trinajstić information content (AvgIpc) is 2.51. The summed E-state index contributed by atoms with van der Waals surface area (Å²) in [6.07, 6.45) is 4.62. The van der Waals surface area contributed by atoms with Gasteiger partial charge in [-0.25, -0.2) is 8.78 Å². The number of halogens is 2. The molecule has 0 saturated heterocycles. The second-order valence-corrected chi connectivity index (χ2v) is 5.72. The van der Waals surface area contributed by atoms with Crippen LogP contribution in [0.15, 0.2) is 36.7 Å². The quantitative estimate of drug-likeness (QED) is 0.911. The van der Waals surface area contributed by atoms with Crippen LogP contribution < -0.4 is 5.32 Å². The second-order valence-electron chi connectivity index (χ2n) is 5.72. The minimum absolute atomic E-state index is 0.0601. The van der Waals surface area contributed by atoms with Gasteiger partial charge in [0.15, 0.2) is 0 Å². The zero-order chi connectivity index (χ0) is 15.5. The van der Waals surface area contributed by atoms with Crippen molar-refractivity contribution in [1.82, 2.24) is 10.3 Å². The van der Waals surface area contributed by atoms with Crippen molar-refractivity contribution in [2.24, 2.45) is 0 Å². The number of hydrogen-bond donors (Lipinski definition) is 2. The first kappa shape index (κ1) is 15.1. The van der Waals surface area contributed by atoms with Crippen LogP contribution in [0, 0.1) is 11.6 Å². The number of nitrogens with zero attached hydrogens (tertiary/aromatic N) is 1. The number of aryl methyl sites for hydroxylation is 1. The maximum absolute atomic E-state index is 13.2. The molecule has 5 heteroatoms. The van der Waals surface area contributed by atoms with Crippen molar-refractivity contribution in [3.8, 4) is 0 Å². The average molecular weight is 304 g/mol. The number of pyridine rings is 1. The maximum Gasteiger partial charge on any atom is 0.126 e. The van der Waals surface area contributed by atoms with E-state index in [2.05, 4.69) is 10.3 Å². The number of rotatable bonds is 4. The van der Waals surface area contributed by atoms with Gasteiger partial charge in [0, 0.05) is 31.0 Å². The number of aromatic nitrogens is 1. The van der Waals surface area contributed by atoms with Gasteiger partial charge >= 0.3 is 0 Å². The lowest BCUT2D eigenvalue weighted by molar-refractivity contribution is 0.114. The third-order valence-corrected chi connectivity index (χ3v) is 4.11. The Labute approximate surface area is 128 Å². The number of benzene rings is 1. The molecule has 22 heavy (non-hydrogen) atoms. The predicted octanol–water partition coefficient (Wildman–Crippen LogP) is 2.37. The van der Waals surface area contributed by atoms with Crippen molar-refractivity contribution in [3.63, 3.8) is 0 Å². The molecule has 0 fully saturated rings. The number of fused-ring (bicyclic) bond motifs is 1. The van der Waals surface area contributed by atoms with Crippen molar-refractivity contribution >= 4 is 0 Å². The van der Waals surface area contributed by atoms with Crippen molar-refractivity contribution < 1.29 is 13.9 Å². The number of nitrogens with one attached hydrogen (secondary N) is 1. The highest BCUT2D eigenvalue weighted by atomic mass is 19.1. The molecule has 2 aromatic rings. The first-order valence-electron chi connectivity index (χ1n) is 7.40. The Kier molecular flexibility index (Phi) is 4.45. The lowest BCUT2D eigenvalue weighted by Gasteiger charge is -2.29. The fraction of sp³-hybridized carbons (Fsp3) is 0.353. The number of aliphatic hydroxyl groups excluding tert-OH is 1. The topological polar surface area (TPSA) is 45.2 Å². The fourth-order valence-electron chi connectivity index (χ4n) is 2.91. The molecule has 2 atom stereocenters. The Bertz CT molecular complexity index is 643. The van der Waals surface area contributed by atoms with Crippen molar-refractivity contribution in [3.05, 3.63) is 65.0 Å². The van der Waals surface area contributed by atoms with E-state index in [9.17, 15) is 13.9 Å². The van der Waals surface area contributed by atoms with Crippen LogP contribution in [-0.2, 0) is 19.4 Å². The summed E-state index contributed by atoms with van der Waals surface area (Å²) in [4.78, 5) is 4.11. The summed E-state index contributed by atoms with van der Waals surface area (Å²) < 4.78 is 26.3. The van der Waals surface area contributed by atoms with Crippen LogP contribution >= 0.6 is 0 Å². The van der Waals surface area contributed by atoms with Crippen LogP contribution in [0.1, 0.15) is 23.1 Å². The lowest BCUT2D eigenvalue weighted by atomic mass is 9.92. The molecule has 1 aliphatic heterocycles. The van der Waals surface area contributed by atoms with Gasteiger partial charge in [0.2, 0.25) is 0 Å². The first-order chi connectivity index (χ1) is 10.6. The van der Waals surface area contributed by atoms with Gasteiger partial charge in [0.25, 0.3) is 0 Å². The van der Waals surface area contributed by atoms with E-state index in [-0.39, 0.29) is 6.04 Å². The highest BCUT2D eigenvalue weighted by molar-refractivity contribution is 5.27. The van der Waals surface area contributed by atoms with Gasteiger partial charge in [-0.1, -0.05) is 0 Å². The molecule has 1 aromatic heterocycles. The Morgan fingerprint density at radius 3 is 2.77 bits per heavy atom. The zero-order valence-electron chi connectivity index (χ0n) is 12.1. The summed E-state index contributed by atoms with van der Waals surface area (Å²) in [7, 11) is 0. The van der Waals surface area contributed by atoms with Crippen LogP contribution in [0.4, 0.5) is 8.78 Å². The van der Waals surface area contributed by atoms with E-state index in [1.807, 2.05) is 12.3 Å². The summed E-state index contributed by atoms with van der Waals surface area (Å²) in [6, 6.07) is 5.38. The van der Waals surface area contributed by atoms with Gasteiger partial charge in [0.1, 0.15) is 11.6 Å². The lowest BCUT2D eigenvalue weighted by Crippen LogP contribution is -2.44. The van der Waals surface area contributed by atoms with Gasteiger partial charge in [-0.3, -0.25) is 4.98 Å². The molecule has 0 bridgehead atoms. The zero-order valence-corrected chi connectivity index (χ0v) is 12.1. The molecule has 2 unspecified atom stereocenters. The maximum atomic E-state index is 13.2. The smallest absolute Gasteiger partial charge is 0.126 e. The van der Waals surface area contributed by atoms with E-state index in [0.717, 1.165) is 11.6 Å². The summed E-state index contributed by atoms with van der Waals surface area (Å²) in [5, 5.41) is 13.6. The normalized spacial score (nSPS) is 18.8. The highest BCUT2D eigenvalue weighted by Gasteiger charge is 2.24. The largest absolute Gasteiger partial charge is 0.391 e. The summed E-state index contributed by atoms with van der Waals surface area (Å²) >= 11 is 0. The Hall–Kier alpha value is -1.85. The molecule has 3 rings (SSSR count). The van der Waals surface area contributed by atoms with E-state index in [4.69, 9.17) is 0 Å². The minimum atomic E-state index is -0.583. The standard InChI is InChI=1S/C17H18F2N2O/c18-14-5-11(6-15(19)8-14)1-2-17(22)16-7-13-9-20-4-3-12(13)10-21-16/h3-6,8-9,16-17,21-22H,1-2,7,10H2. The molecule has 2 N–H and O–H groups in total. The Balaban J connectivity index is 1.60. The van der Waals surface area contributed by atoms with E-state index >= 15 is 0 Å². The van der Waals surface area contributed by atoms with Crippen LogP contribution in [0.2, 0.25) is 0 Å². The molecule has 0 saturated carbocycles. The molecule has 0 aliphatic carbocycles. The van der Waals surface area contributed by atoms with Crippen LogP contribution in [-0.4, -0.2) is 22.2 Å². The molecule has 2 heterocycles. The van der Waals surface area contributed by atoms with Gasteiger partial charge in [-0.2, -0.15) is 0 Å². The summed E-state index contributed by atoms with van der Waals surface area (Å²) in [6.45, 7) is 0.703. The molecule has 116 valence electrons. The molecular formula is C17H18F2N2O. The van der Waals surface area contributed by atoms with Crippen molar-refractivity contribution in [2.45, 2.75) is 38.0 Å². The monoisotopic (exact) mass is 304 g/mol. The Morgan fingerprint density at radius 1 is 1.23 bits per heavy atom. The summed E-state index contributed by atoms with van der Waals surface area (Å²) in [5.74, 6) is -1.17. The van der Waals surface area contributed by atoms with E-state index in [1.165, 1.54) is 17.7 Å². The third kappa shape index (κ3) is 3.48. The van der Waals surface area contributed by atoms with Gasteiger partial charge in [0.05, 0.1) is 6.10 Å².